The van der Waals surface area contributed by atoms with Crippen LogP contribution in [0.1, 0.15) is 30.4 Å². The molecule has 0 amide bonds. The summed E-state index contributed by atoms with van der Waals surface area (Å²) in [5.74, 6) is 1.76. The summed E-state index contributed by atoms with van der Waals surface area (Å²) in [5.41, 5.74) is 8.65. The maximum Gasteiger partial charge on any atom is 0.122 e. The van der Waals surface area contributed by atoms with Gasteiger partial charge in [0.25, 0.3) is 0 Å². The van der Waals surface area contributed by atoms with E-state index >= 15 is 0 Å². The van der Waals surface area contributed by atoms with Crippen molar-refractivity contribution in [1.82, 2.24) is 4.90 Å². The van der Waals surface area contributed by atoms with E-state index in [2.05, 4.69) is 30.1 Å². The molecule has 3 nitrogen and oxygen atoms in total. The molecule has 1 heterocycles. The van der Waals surface area contributed by atoms with Crippen molar-refractivity contribution in [2.75, 3.05) is 20.2 Å². The lowest BCUT2D eigenvalue weighted by atomic mass is 10.0. The molecule has 1 fully saturated rings. The number of nitrogens with two attached hydrogens (primary N) is 1. The summed E-state index contributed by atoms with van der Waals surface area (Å²) in [7, 11) is 2.24. The summed E-state index contributed by atoms with van der Waals surface area (Å²) in [6.07, 6.45) is 4.98. The average molecular weight is 260 g/mol. The van der Waals surface area contributed by atoms with Gasteiger partial charge in [-0.05, 0) is 49.5 Å². The minimum atomic E-state index is 0.662. The van der Waals surface area contributed by atoms with Gasteiger partial charge in [-0.2, -0.15) is 0 Å². The predicted molar refractivity (Wildman–Crippen MR) is 77.3 cm³/mol. The normalized spacial score (nSPS) is 25.6. The maximum absolute atomic E-state index is 5.89. The van der Waals surface area contributed by atoms with E-state index in [4.69, 9.17) is 10.5 Å². The molecule has 2 atom stereocenters. The number of rotatable bonds is 4. The molecule has 2 aliphatic rings. The van der Waals surface area contributed by atoms with Gasteiger partial charge in [-0.15, -0.1) is 0 Å². The average Bonchev–Trinajstić information content (AvgIpc) is 3.06. The van der Waals surface area contributed by atoms with Crippen molar-refractivity contribution in [3.63, 3.8) is 0 Å². The first-order valence-electron chi connectivity index (χ1n) is 7.43. The summed E-state index contributed by atoms with van der Waals surface area (Å²) in [6, 6.07) is 7.30. The Balaban J connectivity index is 1.67. The van der Waals surface area contributed by atoms with Crippen molar-refractivity contribution in [3.8, 4) is 5.75 Å². The Morgan fingerprint density at radius 2 is 2.26 bits per heavy atom. The van der Waals surface area contributed by atoms with Gasteiger partial charge in [0, 0.05) is 19.0 Å². The molecule has 1 aliphatic carbocycles. The summed E-state index contributed by atoms with van der Waals surface area (Å²) in [6.45, 7) is 2.69. The molecule has 2 unspecified atom stereocenters. The van der Waals surface area contributed by atoms with Crippen LogP contribution in [-0.4, -0.2) is 31.1 Å². The molecular weight excluding hydrogens is 236 g/mol. The maximum atomic E-state index is 5.89. The molecule has 1 aromatic carbocycles. The molecular formula is C16H24N2O. The van der Waals surface area contributed by atoms with Crippen molar-refractivity contribution in [3.05, 3.63) is 29.3 Å². The van der Waals surface area contributed by atoms with Crippen LogP contribution in [0.2, 0.25) is 0 Å². The molecule has 3 rings (SSSR count). The lowest BCUT2D eigenvalue weighted by Crippen LogP contribution is -2.37. The second-order valence-corrected chi connectivity index (χ2v) is 5.95. The van der Waals surface area contributed by atoms with Crippen molar-refractivity contribution in [2.24, 2.45) is 11.7 Å². The van der Waals surface area contributed by atoms with E-state index in [0.717, 1.165) is 31.9 Å². The van der Waals surface area contributed by atoms with Crippen LogP contribution in [0.15, 0.2) is 18.2 Å². The number of hydrogen-bond acceptors (Lipinski definition) is 3. The number of benzene rings is 1. The molecule has 19 heavy (non-hydrogen) atoms. The third-order valence-corrected chi connectivity index (χ3v) is 4.67. The highest BCUT2D eigenvalue weighted by molar-refractivity contribution is 5.39. The Bertz CT molecular complexity index is 446. The van der Waals surface area contributed by atoms with Crippen molar-refractivity contribution in [1.29, 1.82) is 0 Å². The van der Waals surface area contributed by atoms with Crippen LogP contribution in [0.25, 0.3) is 0 Å². The molecule has 1 aliphatic heterocycles. The van der Waals surface area contributed by atoms with Crippen molar-refractivity contribution < 1.29 is 4.74 Å². The van der Waals surface area contributed by atoms with Crippen LogP contribution < -0.4 is 10.5 Å². The van der Waals surface area contributed by atoms with Crippen LogP contribution in [0, 0.1) is 5.92 Å². The number of hydrogen-bond donors (Lipinski definition) is 1. The Morgan fingerprint density at radius 1 is 1.37 bits per heavy atom. The van der Waals surface area contributed by atoms with E-state index in [1.807, 2.05) is 0 Å². The van der Waals surface area contributed by atoms with Crippen molar-refractivity contribution in [2.45, 2.75) is 38.3 Å². The Hall–Kier alpha value is -1.06. The van der Waals surface area contributed by atoms with Gasteiger partial charge in [-0.3, -0.25) is 4.90 Å². The molecule has 0 spiro atoms. The van der Waals surface area contributed by atoms with Crippen LogP contribution >= 0.6 is 0 Å². The summed E-state index contributed by atoms with van der Waals surface area (Å²) < 4.78 is 5.56. The second kappa shape index (κ2) is 5.51. The topological polar surface area (TPSA) is 38.5 Å². The van der Waals surface area contributed by atoms with Gasteiger partial charge in [0.2, 0.25) is 0 Å². The van der Waals surface area contributed by atoms with Crippen LogP contribution in [0.4, 0.5) is 0 Å². The zero-order valence-electron chi connectivity index (χ0n) is 11.8. The van der Waals surface area contributed by atoms with Gasteiger partial charge < -0.3 is 10.5 Å². The minimum Gasteiger partial charge on any atom is -0.493 e. The molecule has 1 aromatic rings. The molecule has 0 bridgehead atoms. The van der Waals surface area contributed by atoms with Crippen LogP contribution in [-0.2, 0) is 13.0 Å². The standard InChI is InChI=1S/C16H24N2O/c1-18(15-4-2-3-14(15)10-17)11-12-5-6-16-13(9-12)7-8-19-16/h5-6,9,14-15H,2-4,7-8,10-11,17H2,1H3. The Labute approximate surface area is 115 Å². The monoisotopic (exact) mass is 260 g/mol. The molecule has 0 saturated heterocycles. The second-order valence-electron chi connectivity index (χ2n) is 5.95. The zero-order valence-corrected chi connectivity index (χ0v) is 11.8. The number of nitrogens with zero attached hydrogens (tertiary/aromatic N) is 1. The SMILES string of the molecule is CN(Cc1ccc2c(c1)CCO2)C1CCCC1CN. The number of ether oxygens (including phenoxy) is 1. The van der Waals surface area contributed by atoms with E-state index in [1.165, 1.54) is 30.4 Å². The smallest absolute Gasteiger partial charge is 0.122 e. The van der Waals surface area contributed by atoms with Gasteiger partial charge in [0.15, 0.2) is 0 Å². The van der Waals surface area contributed by atoms with Gasteiger partial charge in [0.1, 0.15) is 5.75 Å². The molecule has 3 heteroatoms. The molecule has 2 N–H and O–H groups in total. The molecule has 0 radical (unpaired) electrons. The fourth-order valence-electron chi connectivity index (χ4n) is 3.62. The van der Waals surface area contributed by atoms with Gasteiger partial charge in [-0.1, -0.05) is 18.6 Å². The zero-order chi connectivity index (χ0) is 13.2. The van der Waals surface area contributed by atoms with Crippen LogP contribution in [0.3, 0.4) is 0 Å². The minimum absolute atomic E-state index is 0.662. The summed E-state index contributed by atoms with van der Waals surface area (Å²) >= 11 is 0. The Kier molecular flexibility index (Phi) is 3.76. The van der Waals surface area contributed by atoms with E-state index in [1.54, 1.807) is 0 Å². The quantitative estimate of drug-likeness (QED) is 0.902. The fourth-order valence-corrected chi connectivity index (χ4v) is 3.62. The third kappa shape index (κ3) is 2.63. The fraction of sp³-hybridized carbons (Fsp3) is 0.625. The third-order valence-electron chi connectivity index (χ3n) is 4.67. The molecule has 104 valence electrons. The predicted octanol–water partition coefficient (Wildman–Crippen LogP) is 2.18. The highest BCUT2D eigenvalue weighted by atomic mass is 16.5. The van der Waals surface area contributed by atoms with E-state index < -0.39 is 0 Å². The number of fused-ring (bicyclic) bond motifs is 1. The summed E-state index contributed by atoms with van der Waals surface area (Å²) in [4.78, 5) is 2.49. The van der Waals surface area contributed by atoms with E-state index in [-0.39, 0.29) is 0 Å². The highest BCUT2D eigenvalue weighted by Gasteiger charge is 2.29. The van der Waals surface area contributed by atoms with Gasteiger partial charge in [0.05, 0.1) is 6.61 Å². The van der Waals surface area contributed by atoms with E-state index in [0.29, 0.717) is 12.0 Å². The first kappa shape index (κ1) is 12.9. The van der Waals surface area contributed by atoms with Crippen molar-refractivity contribution >= 4 is 0 Å². The first-order valence-corrected chi connectivity index (χ1v) is 7.43. The van der Waals surface area contributed by atoms with E-state index in [9.17, 15) is 0 Å². The lowest BCUT2D eigenvalue weighted by molar-refractivity contribution is 0.193. The first-order chi connectivity index (χ1) is 9.28. The molecule has 1 saturated carbocycles. The summed E-state index contributed by atoms with van der Waals surface area (Å²) in [5, 5.41) is 0. The molecule has 0 aromatic heterocycles. The van der Waals surface area contributed by atoms with Crippen LogP contribution in [0.5, 0.6) is 5.75 Å². The van der Waals surface area contributed by atoms with Gasteiger partial charge in [-0.25, -0.2) is 0 Å². The highest BCUT2D eigenvalue weighted by Crippen LogP contribution is 2.30. The Morgan fingerprint density at radius 3 is 3.11 bits per heavy atom. The largest absolute Gasteiger partial charge is 0.493 e. The lowest BCUT2D eigenvalue weighted by Gasteiger charge is -2.29. The van der Waals surface area contributed by atoms with Gasteiger partial charge >= 0.3 is 0 Å².